The van der Waals surface area contributed by atoms with Crippen LogP contribution in [0, 0.1) is 6.92 Å². The molecule has 1 fully saturated rings. The maximum Gasteiger partial charge on any atom is 0.315 e. The lowest BCUT2D eigenvalue weighted by molar-refractivity contribution is 0.231. The Labute approximate surface area is 146 Å². The first-order valence-corrected chi connectivity index (χ1v) is 9.12. The van der Waals surface area contributed by atoms with E-state index < -0.39 is 0 Å². The minimum absolute atomic E-state index is 0.0610. The van der Waals surface area contributed by atoms with Gasteiger partial charge in [-0.15, -0.1) is 11.3 Å². The van der Waals surface area contributed by atoms with Gasteiger partial charge in [0.2, 0.25) is 0 Å². The topological polar surface area (TPSA) is 75.1 Å². The highest BCUT2D eigenvalue weighted by atomic mass is 32.1. The highest BCUT2D eigenvalue weighted by molar-refractivity contribution is 7.13. The highest BCUT2D eigenvalue weighted by Crippen LogP contribution is 2.22. The lowest BCUT2D eigenvalue weighted by Gasteiger charge is -2.32. The quantitative estimate of drug-likeness (QED) is 0.888. The molecule has 0 aliphatic carbocycles. The average molecular weight is 348 g/mol. The molecule has 1 saturated heterocycles. The highest BCUT2D eigenvalue weighted by Gasteiger charge is 2.23. The van der Waals surface area contributed by atoms with Crippen molar-refractivity contribution in [2.24, 2.45) is 7.05 Å². The minimum Gasteiger partial charge on any atom is -0.348 e. The predicted octanol–water partition coefficient (Wildman–Crippen LogP) is 2.21. The molecule has 3 heterocycles. The Bertz CT molecular complexity index is 675. The molecule has 1 atom stereocenters. The van der Waals surface area contributed by atoms with Crippen LogP contribution in [0.1, 0.15) is 37.1 Å². The SMILES string of the molecule is Cc1nn(C)cc1[C@@H](C)NC(=O)NC1CCN(c2nccs2)CC1. The van der Waals surface area contributed by atoms with E-state index in [1.165, 1.54) is 0 Å². The fourth-order valence-electron chi connectivity index (χ4n) is 3.13. The molecular formula is C16H24N6OS. The number of hydrogen-bond acceptors (Lipinski definition) is 5. The van der Waals surface area contributed by atoms with Gasteiger partial charge in [0, 0.05) is 49.5 Å². The number of carbonyl (C=O) groups is 1. The molecule has 24 heavy (non-hydrogen) atoms. The van der Waals surface area contributed by atoms with E-state index >= 15 is 0 Å². The van der Waals surface area contributed by atoms with Crippen LogP contribution in [0.25, 0.3) is 0 Å². The van der Waals surface area contributed by atoms with Crippen LogP contribution < -0.4 is 15.5 Å². The zero-order valence-electron chi connectivity index (χ0n) is 14.3. The Kier molecular flexibility index (Phi) is 5.03. The number of amides is 2. The molecule has 3 rings (SSSR count). The summed E-state index contributed by atoms with van der Waals surface area (Å²) in [7, 11) is 1.89. The molecule has 1 aliphatic heterocycles. The molecule has 1 aliphatic rings. The van der Waals surface area contributed by atoms with E-state index in [1.807, 2.05) is 38.7 Å². The number of urea groups is 1. The first kappa shape index (κ1) is 16.8. The van der Waals surface area contributed by atoms with E-state index in [2.05, 4.69) is 25.6 Å². The number of nitrogens with zero attached hydrogens (tertiary/aromatic N) is 4. The zero-order valence-corrected chi connectivity index (χ0v) is 15.1. The summed E-state index contributed by atoms with van der Waals surface area (Å²) >= 11 is 1.66. The molecule has 8 heteroatoms. The molecule has 2 aromatic heterocycles. The number of hydrogen-bond donors (Lipinski definition) is 2. The Hall–Kier alpha value is -2.09. The predicted molar refractivity (Wildman–Crippen MR) is 95.4 cm³/mol. The van der Waals surface area contributed by atoms with Gasteiger partial charge in [-0.3, -0.25) is 4.68 Å². The molecule has 2 amide bonds. The van der Waals surface area contributed by atoms with E-state index in [0.29, 0.717) is 0 Å². The van der Waals surface area contributed by atoms with Gasteiger partial charge in [0.05, 0.1) is 11.7 Å². The van der Waals surface area contributed by atoms with Crippen LogP contribution in [0.3, 0.4) is 0 Å². The second-order valence-corrected chi connectivity index (χ2v) is 7.13. The molecule has 2 N–H and O–H groups in total. The van der Waals surface area contributed by atoms with Gasteiger partial charge in [-0.2, -0.15) is 5.10 Å². The van der Waals surface area contributed by atoms with Crippen molar-refractivity contribution >= 4 is 22.5 Å². The smallest absolute Gasteiger partial charge is 0.315 e. The van der Waals surface area contributed by atoms with Crippen LogP contribution in [-0.4, -0.2) is 39.9 Å². The standard InChI is InChI=1S/C16H24N6OS/c1-11(14-10-21(3)20-12(14)2)18-15(23)19-13-4-7-22(8-5-13)16-17-6-9-24-16/h6,9-11,13H,4-5,7-8H2,1-3H3,(H2,18,19,23)/t11-/m1/s1. The summed E-state index contributed by atoms with van der Waals surface area (Å²) in [6.07, 6.45) is 5.66. The summed E-state index contributed by atoms with van der Waals surface area (Å²) in [5.41, 5.74) is 1.99. The van der Waals surface area contributed by atoms with Gasteiger partial charge in [0.15, 0.2) is 5.13 Å². The molecule has 130 valence electrons. The summed E-state index contributed by atoms with van der Waals surface area (Å²) in [6.45, 7) is 5.79. The van der Waals surface area contributed by atoms with Crippen molar-refractivity contribution in [3.63, 3.8) is 0 Å². The number of nitrogens with one attached hydrogen (secondary N) is 2. The third kappa shape index (κ3) is 3.87. The summed E-state index contributed by atoms with van der Waals surface area (Å²) in [5.74, 6) is 0. The largest absolute Gasteiger partial charge is 0.348 e. The van der Waals surface area contributed by atoms with E-state index in [4.69, 9.17) is 0 Å². The number of carbonyl (C=O) groups excluding carboxylic acids is 1. The third-order valence-electron chi connectivity index (χ3n) is 4.39. The number of piperidine rings is 1. The lowest BCUT2D eigenvalue weighted by Crippen LogP contribution is -2.48. The molecule has 0 bridgehead atoms. The number of aryl methyl sites for hydroxylation is 2. The maximum atomic E-state index is 12.2. The maximum absolute atomic E-state index is 12.2. The van der Waals surface area contributed by atoms with Crippen LogP contribution in [0.5, 0.6) is 0 Å². The van der Waals surface area contributed by atoms with Gasteiger partial charge in [-0.25, -0.2) is 9.78 Å². The summed E-state index contributed by atoms with van der Waals surface area (Å²) in [4.78, 5) is 18.9. The summed E-state index contributed by atoms with van der Waals surface area (Å²) < 4.78 is 1.77. The molecule has 0 radical (unpaired) electrons. The number of rotatable bonds is 4. The number of aromatic nitrogens is 3. The van der Waals surface area contributed by atoms with Gasteiger partial charge in [-0.1, -0.05) is 0 Å². The van der Waals surface area contributed by atoms with Crippen LogP contribution in [-0.2, 0) is 7.05 Å². The molecule has 0 aromatic carbocycles. The van der Waals surface area contributed by atoms with Gasteiger partial charge in [-0.05, 0) is 26.7 Å². The van der Waals surface area contributed by atoms with Crippen molar-refractivity contribution in [2.75, 3.05) is 18.0 Å². The van der Waals surface area contributed by atoms with E-state index in [1.54, 1.807) is 16.0 Å². The van der Waals surface area contributed by atoms with Crippen molar-refractivity contribution in [1.82, 2.24) is 25.4 Å². The second-order valence-electron chi connectivity index (χ2n) is 6.26. The van der Waals surface area contributed by atoms with Crippen molar-refractivity contribution < 1.29 is 4.79 Å². The van der Waals surface area contributed by atoms with E-state index in [0.717, 1.165) is 42.3 Å². The van der Waals surface area contributed by atoms with Crippen molar-refractivity contribution in [3.05, 3.63) is 29.0 Å². The monoisotopic (exact) mass is 348 g/mol. The van der Waals surface area contributed by atoms with E-state index in [-0.39, 0.29) is 18.1 Å². The van der Waals surface area contributed by atoms with Crippen molar-refractivity contribution in [3.8, 4) is 0 Å². The Morgan fingerprint density at radius 1 is 1.42 bits per heavy atom. The fourth-order valence-corrected chi connectivity index (χ4v) is 3.83. The van der Waals surface area contributed by atoms with Gasteiger partial charge < -0.3 is 15.5 Å². The first-order valence-electron chi connectivity index (χ1n) is 8.24. The average Bonchev–Trinajstić information content (AvgIpc) is 3.17. The third-order valence-corrected chi connectivity index (χ3v) is 5.22. The molecule has 0 unspecified atom stereocenters. The number of thiazole rings is 1. The molecule has 7 nitrogen and oxygen atoms in total. The van der Waals surface area contributed by atoms with Crippen molar-refractivity contribution in [2.45, 2.75) is 38.8 Å². The molecule has 0 spiro atoms. The minimum atomic E-state index is -0.113. The first-order chi connectivity index (χ1) is 11.5. The van der Waals surface area contributed by atoms with Crippen LogP contribution in [0.2, 0.25) is 0 Å². The normalized spacial score (nSPS) is 16.9. The van der Waals surface area contributed by atoms with Gasteiger partial charge in [0.25, 0.3) is 0 Å². The zero-order chi connectivity index (χ0) is 17.1. The second kappa shape index (κ2) is 7.21. The Balaban J connectivity index is 1.46. The Morgan fingerprint density at radius 3 is 2.75 bits per heavy atom. The number of anilines is 1. The van der Waals surface area contributed by atoms with Crippen molar-refractivity contribution in [1.29, 1.82) is 0 Å². The summed E-state index contributed by atoms with van der Waals surface area (Å²) in [5, 5.41) is 13.5. The molecule has 2 aromatic rings. The van der Waals surface area contributed by atoms with E-state index in [9.17, 15) is 4.79 Å². The Morgan fingerprint density at radius 2 is 2.17 bits per heavy atom. The van der Waals surface area contributed by atoms with Gasteiger partial charge >= 0.3 is 6.03 Å². The molecule has 0 saturated carbocycles. The van der Waals surface area contributed by atoms with Crippen LogP contribution in [0.15, 0.2) is 17.8 Å². The lowest BCUT2D eigenvalue weighted by atomic mass is 10.1. The molecular weight excluding hydrogens is 324 g/mol. The van der Waals surface area contributed by atoms with Crippen LogP contribution in [0.4, 0.5) is 9.93 Å². The fraction of sp³-hybridized carbons (Fsp3) is 0.562. The van der Waals surface area contributed by atoms with Gasteiger partial charge in [0.1, 0.15) is 0 Å². The summed E-state index contributed by atoms with van der Waals surface area (Å²) in [6, 6.07) is 0.0379. The van der Waals surface area contributed by atoms with Crippen LogP contribution >= 0.6 is 11.3 Å².